The van der Waals surface area contributed by atoms with E-state index in [1.54, 1.807) is 0 Å². The summed E-state index contributed by atoms with van der Waals surface area (Å²) >= 11 is 1.03. The lowest BCUT2D eigenvalue weighted by atomic mass is 9.99. The first-order valence-electron chi connectivity index (χ1n) is 13.6. The second-order valence-electron chi connectivity index (χ2n) is 10.3. The Kier molecular flexibility index (Phi) is 9.27. The fourth-order valence-electron chi connectivity index (χ4n) is 4.43. The van der Waals surface area contributed by atoms with Crippen LogP contribution >= 0.6 is 11.8 Å². The largest absolute Gasteiger partial charge is 0.573 e. The van der Waals surface area contributed by atoms with Crippen molar-refractivity contribution in [2.45, 2.75) is 39.7 Å². The van der Waals surface area contributed by atoms with Gasteiger partial charge in [0.1, 0.15) is 30.1 Å². The fraction of sp³-hybridized carbons (Fsp3) is 0.233. The van der Waals surface area contributed by atoms with Crippen LogP contribution in [0.1, 0.15) is 36.7 Å². The third-order valence-electron chi connectivity index (χ3n) is 6.50. The number of alkyl halides is 3. The minimum absolute atomic E-state index is 0.0443. The summed E-state index contributed by atoms with van der Waals surface area (Å²) in [5, 5.41) is 6.31. The number of nitrogens with one attached hydrogen (secondary N) is 1. The van der Waals surface area contributed by atoms with Gasteiger partial charge in [-0.05, 0) is 54.3 Å². The highest BCUT2D eigenvalue weighted by Crippen LogP contribution is 2.34. The van der Waals surface area contributed by atoms with Gasteiger partial charge < -0.3 is 14.8 Å². The van der Waals surface area contributed by atoms with E-state index in [1.807, 2.05) is 39.0 Å². The van der Waals surface area contributed by atoms with Crippen LogP contribution in [-0.4, -0.2) is 44.0 Å². The molecule has 10 nitrogen and oxygen atoms in total. The highest BCUT2D eigenvalue weighted by Gasteiger charge is 2.33. The van der Waals surface area contributed by atoms with E-state index in [4.69, 9.17) is 4.74 Å². The van der Waals surface area contributed by atoms with Gasteiger partial charge in [-0.3, -0.25) is 9.69 Å². The fourth-order valence-corrected chi connectivity index (χ4v) is 5.29. The van der Waals surface area contributed by atoms with Crippen LogP contribution in [0.3, 0.4) is 0 Å². The summed E-state index contributed by atoms with van der Waals surface area (Å²) in [6, 6.07) is 11.1. The van der Waals surface area contributed by atoms with Crippen LogP contribution in [-0.2, 0) is 11.4 Å². The van der Waals surface area contributed by atoms with Gasteiger partial charge >= 0.3 is 12.4 Å². The number of amidine groups is 1. The van der Waals surface area contributed by atoms with Crippen molar-refractivity contribution in [1.82, 2.24) is 14.8 Å². The first kappa shape index (κ1) is 32.4. The van der Waals surface area contributed by atoms with E-state index in [1.165, 1.54) is 28.0 Å². The Hall–Kier alpha value is -4.99. The van der Waals surface area contributed by atoms with E-state index in [0.717, 1.165) is 47.2 Å². The zero-order valence-corrected chi connectivity index (χ0v) is 25.2. The molecule has 1 aromatic heterocycles. The number of urea groups is 1. The predicted molar refractivity (Wildman–Crippen MR) is 160 cm³/mol. The quantitative estimate of drug-likeness (QED) is 0.200. The molecule has 3 amide bonds. The van der Waals surface area contributed by atoms with Gasteiger partial charge in [0.05, 0.1) is 17.1 Å². The first-order valence-corrected chi connectivity index (χ1v) is 14.6. The van der Waals surface area contributed by atoms with Gasteiger partial charge in [-0.25, -0.2) is 23.2 Å². The molecule has 0 unspecified atom stereocenters. The Bertz CT molecular complexity index is 1790. The molecule has 1 fully saturated rings. The molecule has 0 saturated carbocycles. The lowest BCUT2D eigenvalue weighted by Crippen LogP contribution is -2.31. The lowest BCUT2D eigenvalue weighted by Gasteiger charge is -2.22. The number of hydrogen-bond donors (Lipinski definition) is 1. The minimum Gasteiger partial charge on any atom is -0.485 e. The first-order chi connectivity index (χ1) is 21.8. The van der Waals surface area contributed by atoms with Gasteiger partial charge in [-0.2, -0.15) is 4.99 Å². The van der Waals surface area contributed by atoms with Crippen LogP contribution in [0.15, 0.2) is 65.9 Å². The number of benzene rings is 3. The highest BCUT2D eigenvalue weighted by atomic mass is 32.2. The Morgan fingerprint density at radius 1 is 1.07 bits per heavy atom. The summed E-state index contributed by atoms with van der Waals surface area (Å²) in [6.45, 7) is 5.50. The molecule has 1 N–H and O–H groups in total. The Morgan fingerprint density at radius 2 is 1.76 bits per heavy atom. The number of aliphatic imine (C=N–C) groups is 1. The van der Waals surface area contributed by atoms with Gasteiger partial charge in [-0.15, -0.1) is 18.3 Å². The lowest BCUT2D eigenvalue weighted by molar-refractivity contribution is -0.274. The van der Waals surface area contributed by atoms with E-state index in [0.29, 0.717) is 11.4 Å². The number of thioether (sulfide) groups is 1. The third-order valence-corrected chi connectivity index (χ3v) is 7.42. The smallest absolute Gasteiger partial charge is 0.485 e. The minimum atomic E-state index is -4.82. The van der Waals surface area contributed by atoms with Crippen molar-refractivity contribution >= 4 is 40.2 Å². The number of rotatable bonds is 8. The van der Waals surface area contributed by atoms with Gasteiger partial charge in [0, 0.05) is 12.1 Å². The summed E-state index contributed by atoms with van der Waals surface area (Å²) in [6.07, 6.45) is -3.55. The molecule has 1 aliphatic rings. The van der Waals surface area contributed by atoms with Crippen LogP contribution in [0, 0.1) is 18.6 Å². The van der Waals surface area contributed by atoms with Crippen molar-refractivity contribution in [3.8, 4) is 17.2 Å². The molecule has 0 radical (unpaired) electrons. The Balaban J connectivity index is 1.24. The summed E-state index contributed by atoms with van der Waals surface area (Å²) < 4.78 is 77.4. The maximum absolute atomic E-state index is 14.9. The molecule has 2 heterocycles. The van der Waals surface area contributed by atoms with Crippen molar-refractivity contribution in [3.05, 3.63) is 89.5 Å². The number of anilines is 2. The molecule has 46 heavy (non-hydrogen) atoms. The zero-order chi connectivity index (χ0) is 33.2. The molecule has 0 spiro atoms. The van der Waals surface area contributed by atoms with Crippen LogP contribution in [0.4, 0.5) is 38.1 Å². The topological polar surface area (TPSA) is 111 Å². The second-order valence-corrected chi connectivity index (χ2v) is 11.2. The Morgan fingerprint density at radius 3 is 2.41 bits per heavy atom. The van der Waals surface area contributed by atoms with E-state index in [-0.39, 0.29) is 40.9 Å². The SMILES string of the molecule is Cc1ccc(C(C)C)c(N2C(=O)CS/C2=N\C(=O)Nc2c(F)cc(OCc3ncn(-c4ccc(OC(F)(F)F)cc4)n3)cc2F)c1. The number of amides is 3. The van der Waals surface area contributed by atoms with Crippen molar-refractivity contribution in [3.63, 3.8) is 0 Å². The van der Waals surface area contributed by atoms with E-state index in [9.17, 15) is 31.5 Å². The van der Waals surface area contributed by atoms with Gasteiger partial charge in [0.15, 0.2) is 22.6 Å². The van der Waals surface area contributed by atoms with Crippen LogP contribution in [0.25, 0.3) is 5.69 Å². The molecule has 5 rings (SSSR count). The van der Waals surface area contributed by atoms with Crippen LogP contribution in [0.5, 0.6) is 11.5 Å². The zero-order valence-electron chi connectivity index (χ0n) is 24.4. The van der Waals surface area contributed by atoms with Gasteiger partial charge in [0.25, 0.3) is 0 Å². The Labute approximate surface area is 263 Å². The average molecular weight is 661 g/mol. The van der Waals surface area contributed by atoms with Crippen molar-refractivity contribution in [2.24, 2.45) is 4.99 Å². The maximum Gasteiger partial charge on any atom is 0.573 e. The summed E-state index contributed by atoms with van der Waals surface area (Å²) in [7, 11) is 0. The molecular formula is C30H25F5N6O4S. The molecule has 1 saturated heterocycles. The van der Waals surface area contributed by atoms with Gasteiger partial charge in [0.2, 0.25) is 5.91 Å². The van der Waals surface area contributed by atoms with Crippen molar-refractivity contribution < 1.29 is 41.0 Å². The normalized spacial score (nSPS) is 14.3. The molecule has 1 aliphatic heterocycles. The number of ether oxygens (including phenoxy) is 2. The number of aromatic nitrogens is 3. The summed E-state index contributed by atoms with van der Waals surface area (Å²) in [5.41, 5.74) is 1.97. The molecule has 16 heteroatoms. The molecule has 240 valence electrons. The number of aryl methyl sites for hydroxylation is 1. The number of hydrogen-bond acceptors (Lipinski definition) is 7. The van der Waals surface area contributed by atoms with Crippen molar-refractivity contribution in [2.75, 3.05) is 16.0 Å². The maximum atomic E-state index is 14.9. The van der Waals surface area contributed by atoms with E-state index in [2.05, 4.69) is 25.1 Å². The van der Waals surface area contributed by atoms with Crippen LogP contribution in [0.2, 0.25) is 0 Å². The average Bonchev–Trinajstić information content (AvgIpc) is 3.59. The predicted octanol–water partition coefficient (Wildman–Crippen LogP) is 7.12. The number of halogens is 5. The number of carbonyl (C=O) groups is 2. The summed E-state index contributed by atoms with van der Waals surface area (Å²) in [5.74, 6) is -2.99. The summed E-state index contributed by atoms with van der Waals surface area (Å²) in [4.78, 5) is 34.8. The van der Waals surface area contributed by atoms with Gasteiger partial charge in [-0.1, -0.05) is 37.7 Å². The molecular weight excluding hydrogens is 635 g/mol. The monoisotopic (exact) mass is 660 g/mol. The molecule has 3 aromatic carbocycles. The van der Waals surface area contributed by atoms with Crippen LogP contribution < -0.4 is 19.7 Å². The molecule has 4 aromatic rings. The standard InChI is InChI=1S/C30H25F5N6O4S/c1-16(2)21-9-4-17(3)10-24(21)41-26(42)14-46-29(41)38-28(43)37-27-22(31)11-20(12-23(27)32)44-13-25-36-15-40(39-25)18-5-7-19(8-6-18)45-30(33,34)35/h4-12,15-16H,13-14H2,1-3H3,(H,37,43)/b38-29-. The number of nitrogens with zero attached hydrogens (tertiary/aromatic N) is 5. The van der Waals surface area contributed by atoms with Crippen molar-refractivity contribution in [1.29, 1.82) is 0 Å². The number of carbonyl (C=O) groups excluding carboxylic acids is 2. The molecule has 0 atom stereocenters. The van der Waals surface area contributed by atoms with E-state index >= 15 is 0 Å². The second kappa shape index (κ2) is 13.2. The van der Waals surface area contributed by atoms with E-state index < -0.39 is 35.5 Å². The molecule has 0 aliphatic carbocycles. The highest BCUT2D eigenvalue weighted by molar-refractivity contribution is 8.15. The third kappa shape index (κ3) is 7.62. The molecule has 0 bridgehead atoms.